The van der Waals surface area contributed by atoms with Crippen molar-refractivity contribution in [1.82, 2.24) is 4.90 Å². The quantitative estimate of drug-likeness (QED) is 0.744. The molecule has 1 amide bonds. The third-order valence-corrected chi connectivity index (χ3v) is 2.61. The predicted molar refractivity (Wildman–Crippen MR) is 55.3 cm³/mol. The normalized spacial score (nSPS) is 15.5. The summed E-state index contributed by atoms with van der Waals surface area (Å²) in [6.07, 6.45) is -6.89. The first kappa shape index (κ1) is 16.2. The lowest BCUT2D eigenvalue weighted by atomic mass is 9.94. The van der Waals surface area contributed by atoms with Gasteiger partial charge in [0, 0.05) is 26.1 Å². The first-order chi connectivity index (χ1) is 7.71. The zero-order valence-electron chi connectivity index (χ0n) is 9.92. The number of alkyl halides is 3. The fourth-order valence-electron chi connectivity index (χ4n) is 1.45. The molecule has 2 N–H and O–H groups in total. The third-order valence-electron chi connectivity index (χ3n) is 2.61. The molecule has 0 fully saturated rings. The molecule has 0 aromatic rings. The maximum absolute atomic E-state index is 12.6. The Kier molecular flexibility index (Phi) is 5.91. The molecule has 0 heterocycles. The lowest BCUT2D eigenvalue weighted by molar-refractivity contribution is -0.266. The van der Waals surface area contributed by atoms with Crippen LogP contribution in [0.3, 0.4) is 0 Å². The van der Waals surface area contributed by atoms with Crippen LogP contribution in [0.1, 0.15) is 26.7 Å². The van der Waals surface area contributed by atoms with E-state index in [1.165, 1.54) is 4.90 Å². The van der Waals surface area contributed by atoms with Crippen LogP contribution in [-0.4, -0.2) is 52.5 Å². The van der Waals surface area contributed by atoms with Gasteiger partial charge < -0.3 is 15.1 Å². The smallest absolute Gasteiger partial charge is 0.396 e. The Balaban J connectivity index is 4.83. The Morgan fingerprint density at radius 3 is 2.00 bits per heavy atom. The number of hydrogen-bond donors (Lipinski definition) is 2. The molecular weight excluding hydrogens is 239 g/mol. The molecule has 0 aliphatic heterocycles. The second kappa shape index (κ2) is 6.20. The summed E-state index contributed by atoms with van der Waals surface area (Å²) in [5.74, 6) is -0.775. The highest BCUT2D eigenvalue weighted by molar-refractivity contribution is 5.77. The maximum atomic E-state index is 12.6. The van der Waals surface area contributed by atoms with Crippen LogP contribution in [0.5, 0.6) is 0 Å². The average Bonchev–Trinajstić information content (AvgIpc) is 2.17. The Morgan fingerprint density at radius 1 is 1.24 bits per heavy atom. The number of hydrogen-bond acceptors (Lipinski definition) is 3. The van der Waals surface area contributed by atoms with Crippen LogP contribution < -0.4 is 0 Å². The van der Waals surface area contributed by atoms with Gasteiger partial charge in [0.15, 0.2) is 5.60 Å². The summed E-state index contributed by atoms with van der Waals surface area (Å²) in [4.78, 5) is 12.7. The Labute approximate surface area is 98.0 Å². The zero-order valence-corrected chi connectivity index (χ0v) is 9.92. The van der Waals surface area contributed by atoms with E-state index >= 15 is 0 Å². The Bertz CT molecular complexity index is 254. The van der Waals surface area contributed by atoms with Crippen LogP contribution in [0, 0.1) is 0 Å². The maximum Gasteiger partial charge on any atom is 0.417 e. The predicted octanol–water partition coefficient (Wildman–Crippen LogP) is 0.921. The van der Waals surface area contributed by atoms with Crippen LogP contribution >= 0.6 is 0 Å². The molecule has 0 saturated carbocycles. The minimum Gasteiger partial charge on any atom is -0.396 e. The van der Waals surface area contributed by atoms with Crippen molar-refractivity contribution < 1.29 is 28.2 Å². The lowest BCUT2D eigenvalue weighted by Crippen LogP contribution is -2.50. The van der Waals surface area contributed by atoms with E-state index in [9.17, 15) is 23.1 Å². The van der Waals surface area contributed by atoms with Gasteiger partial charge in [-0.05, 0) is 13.8 Å². The molecule has 7 heteroatoms. The number of aliphatic hydroxyl groups excluding tert-OH is 1. The average molecular weight is 257 g/mol. The molecule has 0 aromatic heterocycles. The van der Waals surface area contributed by atoms with Crippen molar-refractivity contribution in [2.45, 2.75) is 38.5 Å². The Morgan fingerprint density at radius 2 is 1.71 bits per heavy atom. The monoisotopic (exact) mass is 257 g/mol. The van der Waals surface area contributed by atoms with Gasteiger partial charge >= 0.3 is 6.18 Å². The highest BCUT2D eigenvalue weighted by Crippen LogP contribution is 2.36. The molecule has 0 unspecified atom stereocenters. The Hall–Kier alpha value is -0.820. The van der Waals surface area contributed by atoms with Crippen molar-refractivity contribution in [2.75, 3.05) is 19.7 Å². The molecule has 1 atom stereocenters. The molecule has 4 nitrogen and oxygen atoms in total. The molecule has 0 bridgehead atoms. The van der Waals surface area contributed by atoms with Crippen LogP contribution in [0.2, 0.25) is 0 Å². The summed E-state index contributed by atoms with van der Waals surface area (Å²) in [6.45, 7) is 3.01. The SMILES string of the molecule is CCN(CC)C(=O)C[C@@](O)(CCO)C(F)(F)F. The highest BCUT2D eigenvalue weighted by Gasteiger charge is 2.54. The summed E-state index contributed by atoms with van der Waals surface area (Å²) in [5.41, 5.74) is -3.15. The largest absolute Gasteiger partial charge is 0.417 e. The number of carbonyl (C=O) groups is 1. The molecular formula is C10H18F3NO3. The first-order valence-corrected chi connectivity index (χ1v) is 5.39. The number of rotatable bonds is 6. The second-order valence-corrected chi connectivity index (χ2v) is 3.75. The molecule has 17 heavy (non-hydrogen) atoms. The van der Waals surface area contributed by atoms with E-state index in [-0.39, 0.29) is 13.1 Å². The van der Waals surface area contributed by atoms with Gasteiger partial charge in [0.2, 0.25) is 5.91 Å². The molecule has 0 aliphatic rings. The molecule has 0 aliphatic carbocycles. The van der Waals surface area contributed by atoms with E-state index < -0.39 is 37.1 Å². The standard InChI is InChI=1S/C10H18F3NO3/c1-3-14(4-2)8(16)7-9(17,5-6-15)10(11,12)13/h15,17H,3-7H2,1-2H3/t9-/m0/s1. The number of amides is 1. The van der Waals surface area contributed by atoms with E-state index in [4.69, 9.17) is 5.11 Å². The van der Waals surface area contributed by atoms with Crippen molar-refractivity contribution in [3.8, 4) is 0 Å². The first-order valence-electron chi connectivity index (χ1n) is 5.39. The van der Waals surface area contributed by atoms with E-state index in [1.54, 1.807) is 13.8 Å². The van der Waals surface area contributed by atoms with Crippen LogP contribution in [0.25, 0.3) is 0 Å². The summed E-state index contributed by atoms with van der Waals surface area (Å²) >= 11 is 0. The highest BCUT2D eigenvalue weighted by atomic mass is 19.4. The van der Waals surface area contributed by atoms with E-state index in [0.29, 0.717) is 0 Å². The number of carbonyl (C=O) groups excluding carboxylic acids is 1. The zero-order chi connectivity index (χ0) is 13.7. The van der Waals surface area contributed by atoms with Gasteiger partial charge in [-0.3, -0.25) is 4.79 Å². The van der Waals surface area contributed by atoms with Crippen molar-refractivity contribution in [1.29, 1.82) is 0 Å². The van der Waals surface area contributed by atoms with Crippen molar-refractivity contribution in [2.24, 2.45) is 0 Å². The minimum absolute atomic E-state index is 0.280. The fourth-order valence-corrected chi connectivity index (χ4v) is 1.45. The van der Waals surface area contributed by atoms with E-state index in [1.807, 2.05) is 0 Å². The molecule has 0 radical (unpaired) electrons. The van der Waals surface area contributed by atoms with Gasteiger partial charge in [-0.25, -0.2) is 0 Å². The summed E-state index contributed by atoms with van der Waals surface area (Å²) < 4.78 is 37.8. The fraction of sp³-hybridized carbons (Fsp3) is 0.900. The topological polar surface area (TPSA) is 60.8 Å². The van der Waals surface area contributed by atoms with Gasteiger partial charge in [-0.1, -0.05) is 0 Å². The van der Waals surface area contributed by atoms with Crippen molar-refractivity contribution in [3.63, 3.8) is 0 Å². The molecule has 0 spiro atoms. The summed E-state index contributed by atoms with van der Waals surface area (Å²) in [6, 6.07) is 0. The van der Waals surface area contributed by atoms with Crippen LogP contribution in [-0.2, 0) is 4.79 Å². The third kappa shape index (κ3) is 4.16. The molecule has 102 valence electrons. The number of aliphatic hydroxyl groups is 2. The van der Waals surface area contributed by atoms with Gasteiger partial charge in [0.1, 0.15) is 0 Å². The number of nitrogens with zero attached hydrogens (tertiary/aromatic N) is 1. The van der Waals surface area contributed by atoms with Gasteiger partial charge in [-0.2, -0.15) is 13.2 Å². The second-order valence-electron chi connectivity index (χ2n) is 3.75. The van der Waals surface area contributed by atoms with Gasteiger partial charge in [0.25, 0.3) is 0 Å². The molecule has 0 saturated heterocycles. The van der Waals surface area contributed by atoms with Gasteiger partial charge in [0.05, 0.1) is 6.42 Å². The summed E-state index contributed by atoms with van der Waals surface area (Å²) in [7, 11) is 0. The van der Waals surface area contributed by atoms with Crippen LogP contribution in [0.15, 0.2) is 0 Å². The lowest BCUT2D eigenvalue weighted by Gasteiger charge is -2.31. The molecule has 0 rings (SSSR count). The van der Waals surface area contributed by atoms with Gasteiger partial charge in [-0.15, -0.1) is 0 Å². The summed E-state index contributed by atoms with van der Waals surface area (Å²) in [5, 5.41) is 18.0. The van der Waals surface area contributed by atoms with E-state index in [0.717, 1.165) is 0 Å². The van der Waals surface area contributed by atoms with Crippen molar-refractivity contribution in [3.05, 3.63) is 0 Å². The number of halogens is 3. The minimum atomic E-state index is -4.93. The molecule has 0 aromatic carbocycles. The van der Waals surface area contributed by atoms with Crippen molar-refractivity contribution >= 4 is 5.91 Å². The van der Waals surface area contributed by atoms with Crippen LogP contribution in [0.4, 0.5) is 13.2 Å². The van der Waals surface area contributed by atoms with E-state index in [2.05, 4.69) is 0 Å².